The average molecular weight is 354 g/mol. The molecule has 5 nitrogen and oxygen atoms in total. The maximum Gasteiger partial charge on any atom is 0.317 e. The molecule has 1 N–H and O–H groups in total. The molecule has 1 aliphatic heterocycles. The Kier molecular flexibility index (Phi) is 6.50. The second-order valence-corrected chi connectivity index (χ2v) is 6.32. The summed E-state index contributed by atoms with van der Waals surface area (Å²) < 4.78 is 11.6. The van der Waals surface area contributed by atoms with Crippen molar-refractivity contribution in [1.29, 1.82) is 0 Å². The Hall–Kier alpha value is -2.53. The van der Waals surface area contributed by atoms with Crippen LogP contribution in [0.15, 0.2) is 54.6 Å². The van der Waals surface area contributed by atoms with E-state index < -0.39 is 0 Å². The Bertz CT molecular complexity index is 697. The molecular formula is C21H26N2O3. The van der Waals surface area contributed by atoms with Crippen LogP contribution in [0.25, 0.3) is 0 Å². The maximum absolute atomic E-state index is 12.4. The number of hydrogen-bond donors (Lipinski definition) is 1. The zero-order valence-corrected chi connectivity index (χ0v) is 15.2. The highest BCUT2D eigenvalue weighted by atomic mass is 16.5. The molecule has 1 heterocycles. The Balaban J connectivity index is 1.54. The molecule has 138 valence electrons. The number of ether oxygens (including phenoxy) is 2. The van der Waals surface area contributed by atoms with Crippen molar-refractivity contribution in [1.82, 2.24) is 10.2 Å². The number of nitrogens with one attached hydrogen (secondary N) is 1. The van der Waals surface area contributed by atoms with Gasteiger partial charge in [0.25, 0.3) is 0 Å². The van der Waals surface area contributed by atoms with Crippen molar-refractivity contribution in [2.45, 2.75) is 32.4 Å². The van der Waals surface area contributed by atoms with Gasteiger partial charge in [-0.2, -0.15) is 0 Å². The molecule has 5 heteroatoms. The molecule has 0 aliphatic carbocycles. The summed E-state index contributed by atoms with van der Waals surface area (Å²) in [4.78, 5) is 14.3. The molecule has 1 aliphatic rings. The van der Waals surface area contributed by atoms with Crippen molar-refractivity contribution in [2.75, 3.05) is 19.7 Å². The number of carbonyl (C=O) groups excluding carboxylic acids is 1. The van der Waals surface area contributed by atoms with E-state index in [4.69, 9.17) is 9.47 Å². The minimum atomic E-state index is -0.0329. The molecule has 3 rings (SSSR count). The third-order valence-corrected chi connectivity index (χ3v) is 4.51. The summed E-state index contributed by atoms with van der Waals surface area (Å²) in [5, 5.41) is 3.01. The van der Waals surface area contributed by atoms with E-state index in [0.29, 0.717) is 6.54 Å². The molecule has 1 fully saturated rings. The quantitative estimate of drug-likeness (QED) is 0.846. The fourth-order valence-electron chi connectivity index (χ4n) is 3.11. The molecule has 2 aromatic carbocycles. The molecule has 0 atom stereocenters. The molecule has 2 amide bonds. The zero-order chi connectivity index (χ0) is 18.2. The second kappa shape index (κ2) is 9.25. The predicted octanol–water partition coefficient (Wildman–Crippen LogP) is 4.19. The number of benzene rings is 2. The monoisotopic (exact) mass is 354 g/mol. The van der Waals surface area contributed by atoms with E-state index >= 15 is 0 Å². The van der Waals surface area contributed by atoms with E-state index in [1.807, 2.05) is 66.4 Å². The highest BCUT2D eigenvalue weighted by molar-refractivity contribution is 5.74. The fourth-order valence-corrected chi connectivity index (χ4v) is 3.11. The molecule has 1 saturated heterocycles. The van der Waals surface area contributed by atoms with Gasteiger partial charge in [0.1, 0.15) is 11.5 Å². The Morgan fingerprint density at radius 3 is 2.50 bits per heavy atom. The van der Waals surface area contributed by atoms with Crippen molar-refractivity contribution in [2.24, 2.45) is 0 Å². The molecule has 2 aromatic rings. The first-order valence-corrected chi connectivity index (χ1v) is 9.21. The summed E-state index contributed by atoms with van der Waals surface area (Å²) in [6.07, 6.45) is 2.08. The number of amides is 2. The Morgan fingerprint density at radius 2 is 1.77 bits per heavy atom. The second-order valence-electron chi connectivity index (χ2n) is 6.32. The lowest BCUT2D eigenvalue weighted by molar-refractivity contribution is 0.0220. The van der Waals surface area contributed by atoms with Gasteiger partial charge in [0.2, 0.25) is 0 Å². The van der Waals surface area contributed by atoms with Gasteiger partial charge in [-0.3, -0.25) is 0 Å². The number of rotatable bonds is 6. The van der Waals surface area contributed by atoms with Crippen LogP contribution in [0.1, 0.15) is 25.3 Å². The van der Waals surface area contributed by atoms with E-state index in [0.717, 1.165) is 49.6 Å². The van der Waals surface area contributed by atoms with Gasteiger partial charge in [-0.25, -0.2) is 4.79 Å². The molecule has 0 unspecified atom stereocenters. The van der Waals surface area contributed by atoms with Gasteiger partial charge >= 0.3 is 6.03 Å². The molecule has 0 aromatic heterocycles. The van der Waals surface area contributed by atoms with Crippen LogP contribution in [0, 0.1) is 0 Å². The molecular weight excluding hydrogens is 328 g/mol. The number of urea groups is 1. The van der Waals surface area contributed by atoms with Gasteiger partial charge in [-0.15, -0.1) is 0 Å². The van der Waals surface area contributed by atoms with E-state index in [-0.39, 0.29) is 12.1 Å². The summed E-state index contributed by atoms with van der Waals surface area (Å²) in [6.45, 7) is 4.65. The van der Waals surface area contributed by atoms with Gasteiger partial charge in [0, 0.05) is 31.8 Å². The summed E-state index contributed by atoms with van der Waals surface area (Å²) in [6, 6.07) is 17.4. The lowest BCUT2D eigenvalue weighted by atomic mass is 10.1. The van der Waals surface area contributed by atoms with E-state index in [1.165, 1.54) is 0 Å². The van der Waals surface area contributed by atoms with Crippen LogP contribution in [-0.4, -0.2) is 36.7 Å². The number of para-hydroxylation sites is 2. The maximum atomic E-state index is 12.4. The van der Waals surface area contributed by atoms with Crippen molar-refractivity contribution in [3.63, 3.8) is 0 Å². The van der Waals surface area contributed by atoms with Crippen LogP contribution in [-0.2, 0) is 11.3 Å². The van der Waals surface area contributed by atoms with Crippen LogP contribution in [0.3, 0.4) is 0 Å². The minimum absolute atomic E-state index is 0.0329. The zero-order valence-electron chi connectivity index (χ0n) is 15.2. The van der Waals surface area contributed by atoms with E-state index in [1.54, 1.807) is 0 Å². The first-order valence-electron chi connectivity index (χ1n) is 9.21. The number of carbonyl (C=O) groups is 1. The summed E-state index contributed by atoms with van der Waals surface area (Å²) in [5.74, 6) is 1.54. The highest BCUT2D eigenvalue weighted by Crippen LogP contribution is 2.25. The highest BCUT2D eigenvalue weighted by Gasteiger charge is 2.22. The topological polar surface area (TPSA) is 50.8 Å². The molecule has 26 heavy (non-hydrogen) atoms. The van der Waals surface area contributed by atoms with Gasteiger partial charge in [-0.1, -0.05) is 36.4 Å². The number of hydrogen-bond acceptors (Lipinski definition) is 3. The Morgan fingerprint density at radius 1 is 1.08 bits per heavy atom. The first-order chi connectivity index (χ1) is 12.8. The van der Waals surface area contributed by atoms with Crippen LogP contribution in [0.5, 0.6) is 11.5 Å². The number of piperidine rings is 1. The summed E-state index contributed by atoms with van der Waals surface area (Å²) in [5.41, 5.74) is 0.953. The molecule has 0 bridgehead atoms. The number of likely N-dealkylation sites (tertiary alicyclic amines) is 1. The minimum Gasteiger partial charge on any atom is -0.457 e. The lowest BCUT2D eigenvalue weighted by Crippen LogP contribution is -2.45. The van der Waals surface area contributed by atoms with E-state index in [9.17, 15) is 4.79 Å². The first kappa shape index (κ1) is 18.3. The van der Waals surface area contributed by atoms with Crippen molar-refractivity contribution < 1.29 is 14.3 Å². The van der Waals surface area contributed by atoms with Gasteiger partial charge in [0.05, 0.1) is 6.10 Å². The average Bonchev–Trinajstić information content (AvgIpc) is 2.69. The van der Waals surface area contributed by atoms with Gasteiger partial charge in [-0.05, 0) is 38.0 Å². The van der Waals surface area contributed by atoms with Crippen LogP contribution in [0.2, 0.25) is 0 Å². The molecule has 0 spiro atoms. The smallest absolute Gasteiger partial charge is 0.317 e. The van der Waals surface area contributed by atoms with Crippen LogP contribution < -0.4 is 10.1 Å². The molecule has 0 saturated carbocycles. The third kappa shape index (κ3) is 4.99. The standard InChI is InChI=1S/C21H26N2O3/c1-2-25-18-12-14-23(15-13-18)21(24)22-16-17-8-6-7-11-20(17)26-19-9-4-3-5-10-19/h3-11,18H,2,12-16H2,1H3,(H,22,24). The normalized spacial score (nSPS) is 14.9. The number of nitrogens with zero attached hydrogens (tertiary/aromatic N) is 1. The summed E-state index contributed by atoms with van der Waals surface area (Å²) >= 11 is 0. The Labute approximate surface area is 154 Å². The summed E-state index contributed by atoms with van der Waals surface area (Å²) in [7, 11) is 0. The van der Waals surface area contributed by atoms with Crippen molar-refractivity contribution in [3.05, 3.63) is 60.2 Å². The SMILES string of the molecule is CCOC1CCN(C(=O)NCc2ccccc2Oc2ccccc2)CC1. The van der Waals surface area contributed by atoms with Crippen LogP contribution in [0.4, 0.5) is 4.79 Å². The van der Waals surface area contributed by atoms with E-state index in [2.05, 4.69) is 5.32 Å². The molecule has 0 radical (unpaired) electrons. The lowest BCUT2D eigenvalue weighted by Gasteiger charge is -2.31. The van der Waals surface area contributed by atoms with Crippen molar-refractivity contribution >= 4 is 6.03 Å². The van der Waals surface area contributed by atoms with Gasteiger partial charge in [0.15, 0.2) is 0 Å². The van der Waals surface area contributed by atoms with Crippen LogP contribution >= 0.6 is 0 Å². The third-order valence-electron chi connectivity index (χ3n) is 4.51. The largest absolute Gasteiger partial charge is 0.457 e. The predicted molar refractivity (Wildman–Crippen MR) is 101 cm³/mol. The van der Waals surface area contributed by atoms with Crippen molar-refractivity contribution in [3.8, 4) is 11.5 Å². The fraction of sp³-hybridized carbons (Fsp3) is 0.381. The van der Waals surface area contributed by atoms with Gasteiger partial charge < -0.3 is 19.7 Å².